The number of nitrogens with zero attached hydrogens (tertiary/aromatic N) is 4. The fourth-order valence-electron chi connectivity index (χ4n) is 3.10. The maximum atomic E-state index is 12.4. The molecule has 29 heavy (non-hydrogen) atoms. The third-order valence-corrected chi connectivity index (χ3v) is 4.89. The van der Waals surface area contributed by atoms with Gasteiger partial charge in [-0.3, -0.25) is 4.79 Å². The van der Waals surface area contributed by atoms with E-state index in [2.05, 4.69) is 41.5 Å². The Balaban J connectivity index is 1.95. The minimum atomic E-state index is -0.0598. The molecule has 0 radical (unpaired) electrons. The van der Waals surface area contributed by atoms with Crippen molar-refractivity contribution in [2.75, 3.05) is 32.5 Å². The normalized spacial score (nSPS) is 11.4. The Labute approximate surface area is 179 Å². The van der Waals surface area contributed by atoms with Crippen LogP contribution in [0.4, 0.5) is 5.69 Å². The molecule has 0 unspecified atom stereocenters. The van der Waals surface area contributed by atoms with E-state index in [-0.39, 0.29) is 11.9 Å². The van der Waals surface area contributed by atoms with Crippen molar-refractivity contribution in [3.8, 4) is 11.3 Å². The average Bonchev–Trinajstić information content (AvgIpc) is 3.04. The number of anilines is 1. The van der Waals surface area contributed by atoms with Crippen molar-refractivity contribution in [3.63, 3.8) is 0 Å². The third-order valence-electron chi connectivity index (χ3n) is 4.50. The number of hydrogen-bond acceptors (Lipinski definition) is 5. The number of benzene rings is 1. The number of aromatic nitrogens is 3. The second-order valence-electron chi connectivity index (χ2n) is 7.65. The van der Waals surface area contributed by atoms with E-state index in [1.165, 1.54) is 0 Å². The van der Waals surface area contributed by atoms with Crippen LogP contribution in [0.3, 0.4) is 0 Å². The molecule has 0 aliphatic carbocycles. The van der Waals surface area contributed by atoms with Gasteiger partial charge in [0, 0.05) is 30.3 Å². The molecule has 154 valence electrons. The van der Waals surface area contributed by atoms with Gasteiger partial charge < -0.3 is 15.5 Å². The summed E-state index contributed by atoms with van der Waals surface area (Å²) in [5.74, 6) is -0.0598. The highest BCUT2D eigenvalue weighted by Crippen LogP contribution is 2.27. The zero-order valence-corrected chi connectivity index (χ0v) is 19.0. The quantitative estimate of drug-likeness (QED) is 0.565. The van der Waals surface area contributed by atoms with Gasteiger partial charge in [0.1, 0.15) is 4.60 Å². The minimum absolute atomic E-state index is 0.0598. The van der Waals surface area contributed by atoms with Crippen LogP contribution in [0.25, 0.3) is 16.9 Å². The van der Waals surface area contributed by atoms with E-state index in [0.717, 1.165) is 45.8 Å². The lowest BCUT2D eigenvalue weighted by Crippen LogP contribution is -2.30. The molecule has 0 saturated heterocycles. The Morgan fingerprint density at radius 3 is 2.69 bits per heavy atom. The maximum Gasteiger partial charge on any atom is 0.251 e. The molecule has 2 heterocycles. The first-order chi connectivity index (χ1) is 13.8. The van der Waals surface area contributed by atoms with Crippen molar-refractivity contribution in [1.29, 1.82) is 0 Å². The summed E-state index contributed by atoms with van der Waals surface area (Å²) >= 11 is 3.50. The van der Waals surface area contributed by atoms with Crippen molar-refractivity contribution < 1.29 is 4.79 Å². The van der Waals surface area contributed by atoms with E-state index in [9.17, 15) is 4.79 Å². The highest BCUT2D eigenvalue weighted by molar-refractivity contribution is 9.10. The Morgan fingerprint density at radius 2 is 2.03 bits per heavy atom. The van der Waals surface area contributed by atoms with Crippen LogP contribution >= 0.6 is 15.9 Å². The number of fused-ring (bicyclic) bond motifs is 1. The predicted molar refractivity (Wildman–Crippen MR) is 121 cm³/mol. The predicted octanol–water partition coefficient (Wildman–Crippen LogP) is 3.58. The van der Waals surface area contributed by atoms with Crippen molar-refractivity contribution in [2.24, 2.45) is 0 Å². The first-order valence-corrected chi connectivity index (χ1v) is 10.4. The van der Waals surface area contributed by atoms with E-state index in [4.69, 9.17) is 0 Å². The van der Waals surface area contributed by atoms with E-state index in [0.29, 0.717) is 5.56 Å². The topological polar surface area (TPSA) is 74.6 Å². The van der Waals surface area contributed by atoms with E-state index in [1.54, 1.807) is 0 Å². The number of imidazole rings is 1. The summed E-state index contributed by atoms with van der Waals surface area (Å²) in [6.45, 7) is 7.57. The summed E-state index contributed by atoms with van der Waals surface area (Å²) < 4.78 is 2.55. The van der Waals surface area contributed by atoms with Gasteiger partial charge in [-0.25, -0.2) is 9.50 Å². The number of carbonyl (C=O) groups is 1. The second-order valence-corrected chi connectivity index (χ2v) is 8.46. The zero-order valence-electron chi connectivity index (χ0n) is 17.5. The van der Waals surface area contributed by atoms with Gasteiger partial charge in [-0.05, 0) is 74.6 Å². The number of carbonyl (C=O) groups excluding carboxylic acids is 1. The fourth-order valence-corrected chi connectivity index (χ4v) is 3.48. The van der Waals surface area contributed by atoms with Gasteiger partial charge in [0.05, 0.1) is 17.6 Å². The largest absolute Gasteiger partial charge is 0.381 e. The number of nitrogens with one attached hydrogen (secondary N) is 2. The smallest absolute Gasteiger partial charge is 0.251 e. The van der Waals surface area contributed by atoms with E-state index < -0.39 is 0 Å². The molecular formula is C21H27BrN6O. The molecular weight excluding hydrogens is 432 g/mol. The van der Waals surface area contributed by atoms with Crippen molar-refractivity contribution >= 4 is 33.2 Å². The summed E-state index contributed by atoms with van der Waals surface area (Å²) in [6, 6.07) is 7.83. The average molecular weight is 459 g/mol. The monoisotopic (exact) mass is 458 g/mol. The molecule has 8 heteroatoms. The summed E-state index contributed by atoms with van der Waals surface area (Å²) in [5.41, 5.74) is 5.11. The molecule has 0 saturated carbocycles. The molecule has 7 nitrogen and oxygen atoms in total. The van der Waals surface area contributed by atoms with Crippen LogP contribution in [0.5, 0.6) is 0 Å². The summed E-state index contributed by atoms with van der Waals surface area (Å²) in [7, 11) is 4.08. The highest BCUT2D eigenvalue weighted by Gasteiger charge is 2.15. The molecule has 1 aromatic carbocycles. The van der Waals surface area contributed by atoms with Gasteiger partial charge in [0.2, 0.25) is 0 Å². The van der Waals surface area contributed by atoms with Gasteiger partial charge in [-0.15, -0.1) is 0 Å². The number of aryl methyl sites for hydroxylation is 1. The molecule has 0 spiro atoms. The molecule has 0 aliphatic heterocycles. The molecule has 0 atom stereocenters. The first-order valence-electron chi connectivity index (χ1n) is 9.61. The maximum absolute atomic E-state index is 12.4. The van der Waals surface area contributed by atoms with Crippen LogP contribution in [-0.2, 0) is 0 Å². The van der Waals surface area contributed by atoms with Gasteiger partial charge in [-0.2, -0.15) is 5.10 Å². The van der Waals surface area contributed by atoms with Crippen LogP contribution in [0.2, 0.25) is 0 Å². The van der Waals surface area contributed by atoms with Crippen LogP contribution in [0.1, 0.15) is 29.8 Å². The standard InChI is InChI=1S/C21H27BrN6O/c1-13(2)25-21(29)16-7-6-15(10-14(16)3)18-12-24-20-17(23-8-9-27(4)5)11-19(22)26-28(18)20/h6-7,10-13,23H,8-9H2,1-5H3,(H,25,29). The van der Waals surface area contributed by atoms with Crippen molar-refractivity contribution in [2.45, 2.75) is 26.8 Å². The van der Waals surface area contributed by atoms with Gasteiger partial charge in [0.15, 0.2) is 5.65 Å². The second kappa shape index (κ2) is 8.92. The fraction of sp³-hybridized carbons (Fsp3) is 0.381. The molecule has 3 rings (SSSR count). The lowest BCUT2D eigenvalue weighted by molar-refractivity contribution is 0.0942. The number of halogens is 1. The Bertz CT molecular complexity index is 1030. The molecule has 3 aromatic rings. The first kappa shape index (κ1) is 21.3. The Morgan fingerprint density at radius 1 is 1.28 bits per heavy atom. The molecule has 1 amide bonds. The highest BCUT2D eigenvalue weighted by atomic mass is 79.9. The molecule has 2 N–H and O–H groups in total. The zero-order chi connectivity index (χ0) is 21.1. The molecule has 0 bridgehead atoms. The summed E-state index contributed by atoms with van der Waals surface area (Å²) in [6.07, 6.45) is 1.81. The van der Waals surface area contributed by atoms with Crippen LogP contribution in [-0.4, -0.2) is 58.6 Å². The Kier molecular flexibility index (Phi) is 6.54. The number of amides is 1. The molecule has 2 aromatic heterocycles. The molecule has 0 aliphatic rings. The SMILES string of the molecule is Cc1cc(-c2cnc3c(NCCN(C)C)cc(Br)nn23)ccc1C(=O)NC(C)C. The van der Waals surface area contributed by atoms with Crippen LogP contribution in [0, 0.1) is 6.92 Å². The third kappa shape index (κ3) is 4.94. The van der Waals surface area contributed by atoms with Gasteiger partial charge in [-0.1, -0.05) is 6.07 Å². The van der Waals surface area contributed by atoms with Crippen molar-refractivity contribution in [1.82, 2.24) is 24.8 Å². The van der Waals surface area contributed by atoms with E-state index >= 15 is 0 Å². The van der Waals surface area contributed by atoms with Gasteiger partial charge >= 0.3 is 0 Å². The van der Waals surface area contributed by atoms with Crippen LogP contribution in [0.15, 0.2) is 35.1 Å². The summed E-state index contributed by atoms with van der Waals surface area (Å²) in [4.78, 5) is 19.1. The summed E-state index contributed by atoms with van der Waals surface area (Å²) in [5, 5.41) is 11.0. The lowest BCUT2D eigenvalue weighted by atomic mass is 10.0. The number of rotatable bonds is 7. The lowest BCUT2D eigenvalue weighted by Gasteiger charge is -2.13. The van der Waals surface area contributed by atoms with Gasteiger partial charge in [0.25, 0.3) is 5.91 Å². The van der Waals surface area contributed by atoms with Crippen molar-refractivity contribution in [3.05, 3.63) is 46.2 Å². The molecule has 0 fully saturated rings. The number of hydrogen-bond donors (Lipinski definition) is 2. The van der Waals surface area contributed by atoms with E-state index in [1.807, 2.05) is 69.8 Å². The minimum Gasteiger partial charge on any atom is -0.381 e. The Hall–Kier alpha value is -2.45. The number of likely N-dealkylation sites (N-methyl/N-ethyl adjacent to an activating group) is 1. The van der Waals surface area contributed by atoms with Crippen LogP contribution < -0.4 is 10.6 Å².